The third-order valence-electron chi connectivity index (χ3n) is 9.00. The second-order valence-electron chi connectivity index (χ2n) is 12.2. The smallest absolute Gasteiger partial charge is 0.302 e. The number of hydrogen-bond acceptors (Lipinski definition) is 9. The summed E-state index contributed by atoms with van der Waals surface area (Å²) in [7, 11) is 3.72. The molecule has 12 heteroatoms. The minimum absolute atomic E-state index is 0.190. The molecule has 0 aliphatic carbocycles. The van der Waals surface area contributed by atoms with Gasteiger partial charge in [0.15, 0.2) is 0 Å². The summed E-state index contributed by atoms with van der Waals surface area (Å²) >= 11 is 1.42. The molecule has 2 aromatic carbocycles. The van der Waals surface area contributed by atoms with E-state index in [1.165, 1.54) is 35.0 Å². The van der Waals surface area contributed by atoms with Crippen molar-refractivity contribution in [3.8, 4) is 11.1 Å². The van der Waals surface area contributed by atoms with Crippen LogP contribution >= 0.6 is 11.3 Å². The van der Waals surface area contributed by atoms with Crippen LogP contribution < -0.4 is 20.7 Å². The minimum atomic E-state index is -0.564. The normalized spacial score (nSPS) is 15.1. The van der Waals surface area contributed by atoms with Gasteiger partial charge in [-0.05, 0) is 66.4 Å². The molecule has 1 saturated heterocycles. The maximum absolute atomic E-state index is 15.5. The van der Waals surface area contributed by atoms with Crippen molar-refractivity contribution in [2.75, 3.05) is 54.9 Å². The lowest BCUT2D eigenvalue weighted by molar-refractivity contribution is -0.142. The van der Waals surface area contributed by atoms with Crippen LogP contribution in [-0.4, -0.2) is 66.1 Å². The van der Waals surface area contributed by atoms with Crippen molar-refractivity contribution in [1.29, 1.82) is 0 Å². The number of likely N-dealkylation sites (N-methyl/N-ethyl adjacent to an activating group) is 1. The molecule has 1 amide bonds. The molecule has 1 fully saturated rings. The number of piperazine rings is 1. The number of pyridine rings is 2. The third-order valence-corrected chi connectivity index (χ3v) is 10.2. The van der Waals surface area contributed by atoms with Gasteiger partial charge in [-0.1, -0.05) is 18.2 Å². The fourth-order valence-electron chi connectivity index (χ4n) is 6.44. The molecule has 0 radical (unpaired) electrons. The van der Waals surface area contributed by atoms with Crippen molar-refractivity contribution in [2.24, 2.45) is 7.05 Å². The highest BCUT2D eigenvalue weighted by Crippen LogP contribution is 2.40. The van der Waals surface area contributed by atoms with Crippen LogP contribution in [0.15, 0.2) is 71.8 Å². The highest BCUT2D eigenvalue weighted by molar-refractivity contribution is 7.21. The Balaban J connectivity index is 1.25. The van der Waals surface area contributed by atoms with Gasteiger partial charge in [0.05, 0.1) is 22.4 Å². The van der Waals surface area contributed by atoms with Gasteiger partial charge in [0, 0.05) is 68.7 Å². The maximum Gasteiger partial charge on any atom is 0.302 e. The number of halogens is 1. The van der Waals surface area contributed by atoms with Crippen LogP contribution in [0.1, 0.15) is 27.7 Å². The first-order valence-corrected chi connectivity index (χ1v) is 16.6. The number of amides is 1. The van der Waals surface area contributed by atoms with Crippen LogP contribution in [0.2, 0.25) is 0 Å². The molecule has 0 saturated carbocycles. The molecule has 0 atom stereocenters. The van der Waals surface area contributed by atoms with Crippen molar-refractivity contribution in [1.82, 2.24) is 14.5 Å². The molecule has 10 nitrogen and oxygen atoms in total. The predicted octanol–water partition coefficient (Wildman–Crippen LogP) is 5.56. The van der Waals surface area contributed by atoms with E-state index in [0.29, 0.717) is 46.0 Å². The van der Waals surface area contributed by atoms with Crippen LogP contribution in [0.25, 0.3) is 21.2 Å². The monoisotopic (exact) mass is 666 g/mol. The average molecular weight is 667 g/mol. The number of nitrogens with zero attached hydrogens (tertiary/aromatic N) is 5. The van der Waals surface area contributed by atoms with E-state index in [-0.39, 0.29) is 23.8 Å². The lowest BCUT2D eigenvalue weighted by Crippen LogP contribution is -2.44. The zero-order valence-electron chi connectivity index (χ0n) is 27.0. The third kappa shape index (κ3) is 6.04. The fourth-order valence-corrected chi connectivity index (χ4v) is 7.64. The van der Waals surface area contributed by atoms with Crippen molar-refractivity contribution >= 4 is 56.2 Å². The average Bonchev–Trinajstić information content (AvgIpc) is 3.46. The second kappa shape index (κ2) is 12.9. The SMILES string of the molecule is CC(=O)OCc1c(-c2cc(Nc3ccc(N4CCN(C)CC4)cn3)c(=O)n(C)c2)cc(F)cc1N1CCc2c(sc3ccccc23)C1=O. The molecule has 48 heavy (non-hydrogen) atoms. The lowest BCUT2D eigenvalue weighted by Gasteiger charge is -2.33. The molecule has 246 valence electrons. The molecule has 2 aliphatic rings. The van der Waals surface area contributed by atoms with Gasteiger partial charge in [-0.25, -0.2) is 9.37 Å². The van der Waals surface area contributed by atoms with E-state index < -0.39 is 11.8 Å². The zero-order valence-corrected chi connectivity index (χ0v) is 27.8. The Labute approximate surface area is 281 Å². The van der Waals surface area contributed by atoms with Gasteiger partial charge in [0.2, 0.25) is 0 Å². The van der Waals surface area contributed by atoms with E-state index in [1.807, 2.05) is 36.4 Å². The number of anilines is 4. The van der Waals surface area contributed by atoms with Crippen molar-refractivity contribution in [3.05, 3.63) is 99.2 Å². The van der Waals surface area contributed by atoms with E-state index in [0.717, 1.165) is 47.5 Å². The van der Waals surface area contributed by atoms with Gasteiger partial charge >= 0.3 is 5.97 Å². The molecule has 0 bridgehead atoms. The van der Waals surface area contributed by atoms with Gasteiger partial charge in [0.1, 0.15) is 23.9 Å². The lowest BCUT2D eigenvalue weighted by atomic mass is 9.96. The van der Waals surface area contributed by atoms with E-state index in [1.54, 1.807) is 30.4 Å². The molecule has 3 aromatic heterocycles. The Morgan fingerprint density at radius 3 is 2.56 bits per heavy atom. The Morgan fingerprint density at radius 1 is 1.02 bits per heavy atom. The van der Waals surface area contributed by atoms with E-state index in [4.69, 9.17) is 4.74 Å². The summed E-state index contributed by atoms with van der Waals surface area (Å²) in [6.07, 6.45) is 3.99. The number of benzene rings is 2. The molecule has 0 spiro atoms. The molecule has 5 heterocycles. The van der Waals surface area contributed by atoms with Crippen LogP contribution in [0.4, 0.5) is 27.3 Å². The van der Waals surface area contributed by atoms with Crippen molar-refractivity contribution in [2.45, 2.75) is 20.0 Å². The Morgan fingerprint density at radius 2 is 1.81 bits per heavy atom. The first-order chi connectivity index (χ1) is 23.2. The number of aromatic nitrogens is 2. The number of carbonyl (C=O) groups is 2. The second-order valence-corrected chi connectivity index (χ2v) is 13.3. The van der Waals surface area contributed by atoms with Crippen LogP contribution in [-0.2, 0) is 29.6 Å². The number of nitrogens with one attached hydrogen (secondary N) is 1. The topological polar surface area (TPSA) is 100 Å². The van der Waals surface area contributed by atoms with E-state index in [2.05, 4.69) is 27.1 Å². The number of aryl methyl sites for hydroxylation is 1. The van der Waals surface area contributed by atoms with Crippen LogP contribution in [0.3, 0.4) is 0 Å². The van der Waals surface area contributed by atoms with Crippen LogP contribution in [0, 0.1) is 5.82 Å². The first-order valence-electron chi connectivity index (χ1n) is 15.8. The summed E-state index contributed by atoms with van der Waals surface area (Å²) < 4.78 is 23.4. The van der Waals surface area contributed by atoms with Gasteiger partial charge in [-0.2, -0.15) is 0 Å². The standard InChI is InChI=1S/C36H35FN6O4S/c1-22(44)47-21-29-28(17-24(37)18-31(29)43-11-10-27-26-6-4-5-7-32(26)48-34(27)36(43)46)23-16-30(35(45)41(3)20-23)39-33-9-8-25(19-38-33)42-14-12-40(2)13-15-42/h4-9,16-20H,10-15,21H2,1-3H3,(H,38,39). The first kappa shape index (κ1) is 31.5. The number of esters is 1. The Kier molecular flexibility index (Phi) is 8.44. The molecule has 5 aromatic rings. The number of fused-ring (bicyclic) bond motifs is 3. The summed E-state index contributed by atoms with van der Waals surface area (Å²) in [5.41, 5.74) is 3.63. The van der Waals surface area contributed by atoms with Gasteiger partial charge in [-0.3, -0.25) is 14.4 Å². The summed E-state index contributed by atoms with van der Waals surface area (Å²) in [6.45, 7) is 5.21. The quantitative estimate of drug-likeness (QED) is 0.226. The van der Waals surface area contributed by atoms with E-state index in [9.17, 15) is 14.4 Å². The molecular weight excluding hydrogens is 631 g/mol. The van der Waals surface area contributed by atoms with Crippen molar-refractivity contribution < 1.29 is 18.7 Å². The zero-order chi connectivity index (χ0) is 33.5. The summed E-state index contributed by atoms with van der Waals surface area (Å²) in [4.78, 5) is 50.6. The molecule has 0 unspecified atom stereocenters. The molecule has 2 aliphatic heterocycles. The number of thiophene rings is 1. The molecular formula is C36H35FN6O4S. The van der Waals surface area contributed by atoms with E-state index >= 15 is 4.39 Å². The summed E-state index contributed by atoms with van der Waals surface area (Å²) in [5.74, 6) is -0.819. The number of rotatable bonds is 7. The van der Waals surface area contributed by atoms with Crippen molar-refractivity contribution in [3.63, 3.8) is 0 Å². The highest BCUT2D eigenvalue weighted by atomic mass is 32.1. The Bertz CT molecular complexity index is 2100. The molecule has 1 N–H and O–H groups in total. The molecule has 7 rings (SSSR count). The predicted molar refractivity (Wildman–Crippen MR) is 187 cm³/mol. The number of hydrogen-bond donors (Lipinski definition) is 1. The summed E-state index contributed by atoms with van der Waals surface area (Å²) in [5, 5.41) is 4.19. The Hall–Kier alpha value is -5.07. The van der Waals surface area contributed by atoms with Gasteiger partial charge in [-0.15, -0.1) is 11.3 Å². The minimum Gasteiger partial charge on any atom is -0.461 e. The van der Waals surface area contributed by atoms with Gasteiger partial charge < -0.3 is 29.3 Å². The maximum atomic E-state index is 15.5. The highest BCUT2D eigenvalue weighted by Gasteiger charge is 2.32. The number of ether oxygens (including phenoxy) is 1. The number of carbonyl (C=O) groups excluding carboxylic acids is 2. The largest absolute Gasteiger partial charge is 0.461 e. The summed E-state index contributed by atoms with van der Waals surface area (Å²) in [6, 6.07) is 16.0. The van der Waals surface area contributed by atoms with Crippen LogP contribution in [0.5, 0.6) is 0 Å². The van der Waals surface area contributed by atoms with Gasteiger partial charge in [0.25, 0.3) is 11.5 Å². The fraction of sp³-hybridized carbons (Fsp3) is 0.278.